The van der Waals surface area contributed by atoms with Crippen molar-refractivity contribution in [2.45, 2.75) is 59.0 Å². The van der Waals surface area contributed by atoms with Gasteiger partial charge in [0.1, 0.15) is 12.4 Å². The van der Waals surface area contributed by atoms with E-state index >= 15 is 0 Å². The molecular formula is C30H34O3. The number of ether oxygens (including phenoxy) is 1. The first-order valence-electron chi connectivity index (χ1n) is 11.3. The normalized spacial score (nSPS) is 12.2. The van der Waals surface area contributed by atoms with E-state index in [1.165, 1.54) is 11.1 Å². The molecule has 33 heavy (non-hydrogen) atoms. The van der Waals surface area contributed by atoms with E-state index in [1.807, 2.05) is 18.2 Å². The number of aliphatic carboxylic acids is 1. The van der Waals surface area contributed by atoms with Gasteiger partial charge in [-0.05, 0) is 56.9 Å². The molecule has 0 saturated carbocycles. The van der Waals surface area contributed by atoms with E-state index in [-0.39, 0.29) is 10.8 Å². The molecule has 0 radical (unpaired) electrons. The molecule has 3 rings (SSSR count). The van der Waals surface area contributed by atoms with Gasteiger partial charge in [0.2, 0.25) is 0 Å². The van der Waals surface area contributed by atoms with E-state index in [9.17, 15) is 4.79 Å². The molecule has 172 valence electrons. The predicted molar refractivity (Wildman–Crippen MR) is 137 cm³/mol. The summed E-state index contributed by atoms with van der Waals surface area (Å²) in [6.45, 7) is 13.6. The molecule has 0 amide bonds. The lowest BCUT2D eigenvalue weighted by Crippen LogP contribution is -2.10. The first-order chi connectivity index (χ1) is 15.4. The molecule has 3 nitrogen and oxygen atoms in total. The second-order valence-electron chi connectivity index (χ2n) is 10.5. The van der Waals surface area contributed by atoms with E-state index < -0.39 is 5.97 Å². The van der Waals surface area contributed by atoms with Crippen molar-refractivity contribution >= 4 is 12.0 Å². The maximum Gasteiger partial charge on any atom is 0.328 e. The summed E-state index contributed by atoms with van der Waals surface area (Å²) in [7, 11) is 0. The summed E-state index contributed by atoms with van der Waals surface area (Å²) in [4.78, 5) is 11.1. The highest BCUT2D eigenvalue weighted by molar-refractivity contribution is 5.86. The monoisotopic (exact) mass is 442 g/mol. The van der Waals surface area contributed by atoms with Crippen LogP contribution >= 0.6 is 0 Å². The number of hydrogen-bond acceptors (Lipinski definition) is 2. The summed E-state index contributed by atoms with van der Waals surface area (Å²) in [6, 6.07) is 22.8. The van der Waals surface area contributed by atoms with Crippen LogP contribution in [0.3, 0.4) is 0 Å². The van der Waals surface area contributed by atoms with Crippen LogP contribution < -0.4 is 4.74 Å². The number of carboxylic acid groups (broad SMARTS) is 1. The number of carboxylic acids is 1. The van der Waals surface area contributed by atoms with Gasteiger partial charge in [-0.3, -0.25) is 0 Å². The Kier molecular flexibility index (Phi) is 7.12. The Morgan fingerprint density at radius 1 is 0.788 bits per heavy atom. The summed E-state index contributed by atoms with van der Waals surface area (Å²) >= 11 is 0. The SMILES string of the molecule is CC(C)(C)c1ccc(COc2ccc(-c3ccc(C(C)(C)C)cc3)cc2/C=C/C(=O)O)cc1. The Bertz CT molecular complexity index is 1120. The standard InChI is InChI=1S/C30H34O3/c1-29(2,3)25-13-7-21(8-14-25)20-33-27-17-11-23(19-24(27)12-18-28(31)32)22-9-15-26(16-10-22)30(4,5)6/h7-19H,20H2,1-6H3,(H,31,32)/b18-12+. The molecule has 1 N–H and O–H groups in total. The topological polar surface area (TPSA) is 46.5 Å². The van der Waals surface area contributed by atoms with Crippen LogP contribution in [0.25, 0.3) is 17.2 Å². The van der Waals surface area contributed by atoms with Crippen molar-refractivity contribution in [3.63, 3.8) is 0 Å². The van der Waals surface area contributed by atoms with Gasteiger partial charge in [0, 0.05) is 11.6 Å². The predicted octanol–water partition coefficient (Wildman–Crippen LogP) is 7.63. The van der Waals surface area contributed by atoms with Gasteiger partial charge in [-0.25, -0.2) is 4.79 Å². The van der Waals surface area contributed by atoms with Crippen molar-refractivity contribution in [3.05, 3.63) is 95.1 Å². The highest BCUT2D eigenvalue weighted by Gasteiger charge is 2.14. The number of benzene rings is 3. The van der Waals surface area contributed by atoms with Crippen molar-refractivity contribution in [3.8, 4) is 16.9 Å². The Labute approximate surface area is 197 Å². The van der Waals surface area contributed by atoms with Crippen LogP contribution in [0.4, 0.5) is 0 Å². The van der Waals surface area contributed by atoms with Gasteiger partial charge in [0.15, 0.2) is 0 Å². The van der Waals surface area contributed by atoms with Gasteiger partial charge in [-0.1, -0.05) is 96.1 Å². The largest absolute Gasteiger partial charge is 0.488 e. The molecule has 0 bridgehead atoms. The summed E-state index contributed by atoms with van der Waals surface area (Å²) in [5.74, 6) is -0.332. The molecule has 3 heteroatoms. The molecule has 0 atom stereocenters. The lowest BCUT2D eigenvalue weighted by Gasteiger charge is -2.19. The second kappa shape index (κ2) is 9.66. The van der Waals surface area contributed by atoms with Crippen LogP contribution in [0, 0.1) is 0 Å². The molecule has 0 aliphatic rings. The Hall–Kier alpha value is -3.33. The fourth-order valence-corrected chi connectivity index (χ4v) is 3.58. The first-order valence-corrected chi connectivity index (χ1v) is 11.3. The van der Waals surface area contributed by atoms with Crippen LogP contribution in [0.5, 0.6) is 5.75 Å². The number of hydrogen-bond donors (Lipinski definition) is 1. The van der Waals surface area contributed by atoms with Crippen LogP contribution in [0.15, 0.2) is 72.8 Å². The zero-order chi connectivity index (χ0) is 24.2. The maximum absolute atomic E-state index is 11.1. The van der Waals surface area contributed by atoms with E-state index in [0.717, 1.165) is 28.3 Å². The fraction of sp³-hybridized carbons (Fsp3) is 0.300. The van der Waals surface area contributed by atoms with E-state index in [2.05, 4.69) is 90.1 Å². The van der Waals surface area contributed by atoms with E-state index in [4.69, 9.17) is 9.84 Å². The van der Waals surface area contributed by atoms with Gasteiger partial charge in [-0.15, -0.1) is 0 Å². The zero-order valence-corrected chi connectivity index (χ0v) is 20.5. The quantitative estimate of drug-likeness (QED) is 0.399. The smallest absolute Gasteiger partial charge is 0.328 e. The highest BCUT2D eigenvalue weighted by atomic mass is 16.5. The fourth-order valence-electron chi connectivity index (χ4n) is 3.58. The van der Waals surface area contributed by atoms with E-state index in [1.54, 1.807) is 6.08 Å². The van der Waals surface area contributed by atoms with Crippen LogP contribution in [-0.4, -0.2) is 11.1 Å². The van der Waals surface area contributed by atoms with Crippen molar-refractivity contribution < 1.29 is 14.6 Å². The minimum absolute atomic E-state index is 0.0939. The third-order valence-electron chi connectivity index (χ3n) is 5.71. The molecule has 3 aromatic rings. The lowest BCUT2D eigenvalue weighted by atomic mass is 9.86. The van der Waals surface area contributed by atoms with Crippen molar-refractivity contribution in [2.75, 3.05) is 0 Å². The minimum atomic E-state index is -0.987. The highest BCUT2D eigenvalue weighted by Crippen LogP contribution is 2.31. The molecule has 0 spiro atoms. The van der Waals surface area contributed by atoms with Crippen LogP contribution in [-0.2, 0) is 22.2 Å². The average Bonchev–Trinajstić information content (AvgIpc) is 2.75. The van der Waals surface area contributed by atoms with Crippen molar-refractivity contribution in [1.82, 2.24) is 0 Å². The van der Waals surface area contributed by atoms with Crippen LogP contribution in [0.2, 0.25) is 0 Å². The van der Waals surface area contributed by atoms with Gasteiger partial charge >= 0.3 is 5.97 Å². The first kappa shape index (κ1) is 24.3. The van der Waals surface area contributed by atoms with Crippen LogP contribution in [0.1, 0.15) is 63.8 Å². The van der Waals surface area contributed by atoms with Gasteiger partial charge in [-0.2, -0.15) is 0 Å². The van der Waals surface area contributed by atoms with Gasteiger partial charge in [0.05, 0.1) is 0 Å². The summed E-state index contributed by atoms with van der Waals surface area (Å²) in [5, 5.41) is 9.13. The molecule has 0 unspecified atom stereocenters. The zero-order valence-electron chi connectivity index (χ0n) is 20.5. The van der Waals surface area contributed by atoms with Gasteiger partial charge in [0.25, 0.3) is 0 Å². The van der Waals surface area contributed by atoms with Crippen molar-refractivity contribution in [1.29, 1.82) is 0 Å². The third kappa shape index (κ3) is 6.58. The Morgan fingerprint density at radius 3 is 1.82 bits per heavy atom. The minimum Gasteiger partial charge on any atom is -0.488 e. The molecule has 0 aliphatic carbocycles. The maximum atomic E-state index is 11.1. The number of rotatable bonds is 6. The molecule has 0 heterocycles. The molecule has 0 aliphatic heterocycles. The van der Waals surface area contributed by atoms with Gasteiger partial charge < -0.3 is 9.84 Å². The molecule has 0 saturated heterocycles. The summed E-state index contributed by atoms with van der Waals surface area (Å²) < 4.78 is 6.09. The summed E-state index contributed by atoms with van der Waals surface area (Å²) in [6.07, 6.45) is 2.74. The molecular weight excluding hydrogens is 408 g/mol. The van der Waals surface area contributed by atoms with E-state index in [0.29, 0.717) is 12.4 Å². The summed E-state index contributed by atoms with van der Waals surface area (Å²) in [5.41, 5.74) is 6.65. The van der Waals surface area contributed by atoms with Crippen molar-refractivity contribution in [2.24, 2.45) is 0 Å². The molecule has 0 fully saturated rings. The Balaban J connectivity index is 1.85. The second-order valence-corrected chi connectivity index (χ2v) is 10.5. The third-order valence-corrected chi connectivity index (χ3v) is 5.71. The molecule has 3 aromatic carbocycles. The Morgan fingerprint density at radius 2 is 1.30 bits per heavy atom. The lowest BCUT2D eigenvalue weighted by molar-refractivity contribution is -0.131. The molecule has 0 aromatic heterocycles. The average molecular weight is 443 g/mol. The number of carbonyl (C=O) groups is 1.